The number of aromatic nitrogens is 2. The van der Waals surface area contributed by atoms with Crippen LogP contribution >= 0.6 is 12.2 Å². The summed E-state index contributed by atoms with van der Waals surface area (Å²) in [6.07, 6.45) is 3.68. The molecule has 94 valence electrons. The van der Waals surface area contributed by atoms with Crippen molar-refractivity contribution in [1.29, 1.82) is 0 Å². The number of hydrogen-bond donors (Lipinski definition) is 1. The number of nitrogens with zero attached hydrogens (tertiary/aromatic N) is 1. The lowest BCUT2D eigenvalue weighted by molar-refractivity contribution is 0.0600. The molecular formula is C13H14N2O2S. The van der Waals surface area contributed by atoms with Crippen molar-refractivity contribution in [2.24, 2.45) is 0 Å². The quantitative estimate of drug-likeness (QED) is 0.683. The van der Waals surface area contributed by atoms with E-state index in [4.69, 9.17) is 17.0 Å². The lowest BCUT2D eigenvalue weighted by Crippen LogP contribution is -2.08. The number of aromatic amines is 1. The zero-order chi connectivity index (χ0) is 13.1. The molecule has 0 aliphatic carbocycles. The van der Waals surface area contributed by atoms with Crippen molar-refractivity contribution in [2.75, 3.05) is 7.11 Å². The highest BCUT2D eigenvalue weighted by Crippen LogP contribution is 2.19. The highest BCUT2D eigenvalue weighted by atomic mass is 32.1. The predicted octanol–water partition coefficient (Wildman–Crippen LogP) is 2.94. The van der Waals surface area contributed by atoms with E-state index in [0.29, 0.717) is 10.3 Å². The number of rotatable bonds is 3. The number of imidazole rings is 1. The van der Waals surface area contributed by atoms with Crippen molar-refractivity contribution in [3.63, 3.8) is 0 Å². The first kappa shape index (κ1) is 12.6. The smallest absolute Gasteiger partial charge is 0.337 e. The van der Waals surface area contributed by atoms with E-state index in [9.17, 15) is 4.79 Å². The summed E-state index contributed by atoms with van der Waals surface area (Å²) in [4.78, 5) is 14.4. The molecule has 5 heteroatoms. The van der Waals surface area contributed by atoms with Crippen LogP contribution in [0.3, 0.4) is 0 Å². The van der Waals surface area contributed by atoms with Crippen LogP contribution in [0.2, 0.25) is 0 Å². The zero-order valence-corrected chi connectivity index (χ0v) is 11.0. The van der Waals surface area contributed by atoms with Gasteiger partial charge in [-0.25, -0.2) is 4.79 Å². The molecule has 1 atom stereocenters. The fraction of sp³-hybridized carbons (Fsp3) is 0.231. The largest absolute Gasteiger partial charge is 0.465 e. The third-order valence-electron chi connectivity index (χ3n) is 2.88. The number of hydrogen-bond acceptors (Lipinski definition) is 3. The molecule has 0 aliphatic heterocycles. The predicted molar refractivity (Wildman–Crippen MR) is 71.2 cm³/mol. The monoisotopic (exact) mass is 262 g/mol. The van der Waals surface area contributed by atoms with Crippen molar-refractivity contribution in [1.82, 2.24) is 9.55 Å². The van der Waals surface area contributed by atoms with Gasteiger partial charge in [0.05, 0.1) is 18.7 Å². The van der Waals surface area contributed by atoms with Crippen LogP contribution in [-0.4, -0.2) is 22.6 Å². The van der Waals surface area contributed by atoms with Crippen LogP contribution < -0.4 is 0 Å². The van der Waals surface area contributed by atoms with Gasteiger partial charge in [-0.1, -0.05) is 12.1 Å². The van der Waals surface area contributed by atoms with Crippen LogP contribution in [0.25, 0.3) is 0 Å². The summed E-state index contributed by atoms with van der Waals surface area (Å²) < 4.78 is 7.31. The van der Waals surface area contributed by atoms with Gasteiger partial charge in [0, 0.05) is 12.4 Å². The lowest BCUT2D eigenvalue weighted by atomic mass is 10.1. The third-order valence-corrected chi connectivity index (χ3v) is 3.21. The molecule has 0 bridgehead atoms. The van der Waals surface area contributed by atoms with E-state index in [0.717, 1.165) is 5.56 Å². The Kier molecular flexibility index (Phi) is 3.62. The van der Waals surface area contributed by atoms with Gasteiger partial charge in [-0.3, -0.25) is 0 Å². The maximum Gasteiger partial charge on any atom is 0.337 e. The van der Waals surface area contributed by atoms with Crippen molar-refractivity contribution in [2.45, 2.75) is 13.0 Å². The maximum atomic E-state index is 11.5. The molecule has 0 spiro atoms. The number of H-pyrrole nitrogens is 1. The summed E-state index contributed by atoms with van der Waals surface area (Å²) in [7, 11) is 1.38. The first-order chi connectivity index (χ1) is 8.63. The lowest BCUT2D eigenvalue weighted by Gasteiger charge is -2.14. The first-order valence-corrected chi connectivity index (χ1v) is 5.98. The molecule has 1 heterocycles. The molecule has 4 nitrogen and oxygen atoms in total. The van der Waals surface area contributed by atoms with Crippen molar-refractivity contribution in [3.05, 3.63) is 52.6 Å². The Labute approximate surface area is 110 Å². The van der Waals surface area contributed by atoms with Gasteiger partial charge in [-0.2, -0.15) is 0 Å². The number of nitrogens with one attached hydrogen (secondary N) is 1. The van der Waals surface area contributed by atoms with Crippen LogP contribution in [0.1, 0.15) is 28.9 Å². The maximum absolute atomic E-state index is 11.5. The molecule has 18 heavy (non-hydrogen) atoms. The van der Waals surface area contributed by atoms with Crippen molar-refractivity contribution < 1.29 is 9.53 Å². The second kappa shape index (κ2) is 5.18. The van der Waals surface area contributed by atoms with Crippen LogP contribution in [-0.2, 0) is 4.74 Å². The number of benzene rings is 1. The first-order valence-electron chi connectivity index (χ1n) is 5.57. The van der Waals surface area contributed by atoms with Gasteiger partial charge in [0.25, 0.3) is 0 Å². The highest BCUT2D eigenvalue weighted by Gasteiger charge is 2.11. The Morgan fingerprint density at radius 2 is 2.28 bits per heavy atom. The molecule has 1 aromatic heterocycles. The van der Waals surface area contributed by atoms with Crippen LogP contribution in [0.4, 0.5) is 0 Å². The Morgan fingerprint density at radius 1 is 1.50 bits per heavy atom. The van der Waals surface area contributed by atoms with E-state index in [1.165, 1.54) is 7.11 Å². The minimum absolute atomic E-state index is 0.0633. The molecule has 0 saturated carbocycles. The number of carbonyl (C=O) groups excluding carboxylic acids is 1. The topological polar surface area (TPSA) is 47.0 Å². The number of methoxy groups -OCH3 is 1. The summed E-state index contributed by atoms with van der Waals surface area (Å²) in [6.45, 7) is 2.03. The molecule has 1 N–H and O–H groups in total. The minimum Gasteiger partial charge on any atom is -0.465 e. The summed E-state index contributed by atoms with van der Waals surface area (Å²) in [6, 6.07) is 7.43. The van der Waals surface area contributed by atoms with Gasteiger partial charge < -0.3 is 14.3 Å². The van der Waals surface area contributed by atoms with E-state index < -0.39 is 0 Å². The van der Waals surface area contributed by atoms with E-state index in [1.54, 1.807) is 12.3 Å². The Bertz CT molecular complexity index is 615. The summed E-state index contributed by atoms with van der Waals surface area (Å²) in [5.74, 6) is -0.332. The fourth-order valence-corrected chi connectivity index (χ4v) is 2.13. The molecule has 0 fully saturated rings. The Morgan fingerprint density at radius 3 is 2.89 bits per heavy atom. The van der Waals surface area contributed by atoms with Gasteiger partial charge in [-0.15, -0.1) is 0 Å². The average Bonchev–Trinajstić information content (AvgIpc) is 2.83. The summed E-state index contributed by atoms with van der Waals surface area (Å²) >= 11 is 5.18. The zero-order valence-electron chi connectivity index (χ0n) is 10.2. The van der Waals surface area contributed by atoms with Gasteiger partial charge in [0.2, 0.25) is 0 Å². The highest BCUT2D eigenvalue weighted by molar-refractivity contribution is 7.71. The fourth-order valence-electron chi connectivity index (χ4n) is 1.84. The normalized spacial score (nSPS) is 12.1. The van der Waals surface area contributed by atoms with Crippen LogP contribution in [0, 0.1) is 4.77 Å². The molecule has 2 aromatic rings. The van der Waals surface area contributed by atoms with Crippen LogP contribution in [0.15, 0.2) is 36.7 Å². The average molecular weight is 262 g/mol. The summed E-state index contributed by atoms with van der Waals surface area (Å²) in [5.41, 5.74) is 1.55. The van der Waals surface area contributed by atoms with Crippen molar-refractivity contribution >= 4 is 18.2 Å². The number of ether oxygens (including phenoxy) is 1. The van der Waals surface area contributed by atoms with Gasteiger partial charge in [-0.05, 0) is 36.8 Å². The molecular weight excluding hydrogens is 248 g/mol. The Hall–Kier alpha value is -1.88. The van der Waals surface area contributed by atoms with Crippen LogP contribution in [0.5, 0.6) is 0 Å². The molecule has 0 radical (unpaired) electrons. The third kappa shape index (κ3) is 2.36. The standard InChI is InChI=1S/C13H14N2O2S/c1-9(15-7-6-14-13(15)18)10-4-3-5-11(8-10)12(16)17-2/h3-9H,1-2H3,(H,14,18). The SMILES string of the molecule is COC(=O)c1cccc(C(C)n2cc[nH]c2=S)c1. The Balaban J connectivity index is 2.37. The molecule has 0 aliphatic rings. The van der Waals surface area contributed by atoms with E-state index in [2.05, 4.69) is 4.98 Å². The second-order valence-electron chi connectivity index (χ2n) is 3.97. The van der Waals surface area contributed by atoms with E-state index in [-0.39, 0.29) is 12.0 Å². The molecule has 0 saturated heterocycles. The minimum atomic E-state index is -0.332. The van der Waals surface area contributed by atoms with Gasteiger partial charge >= 0.3 is 5.97 Å². The molecule has 1 aromatic carbocycles. The van der Waals surface area contributed by atoms with Gasteiger partial charge in [0.1, 0.15) is 0 Å². The molecule has 0 amide bonds. The molecule has 2 rings (SSSR count). The van der Waals surface area contributed by atoms with Crippen molar-refractivity contribution in [3.8, 4) is 0 Å². The molecule has 1 unspecified atom stereocenters. The summed E-state index contributed by atoms with van der Waals surface area (Å²) in [5, 5.41) is 0. The van der Waals surface area contributed by atoms with E-state index in [1.807, 2.05) is 35.9 Å². The second-order valence-corrected chi connectivity index (χ2v) is 4.35. The number of esters is 1. The van der Waals surface area contributed by atoms with Gasteiger partial charge in [0.15, 0.2) is 4.77 Å². The van der Waals surface area contributed by atoms with E-state index >= 15 is 0 Å². The number of carbonyl (C=O) groups is 1.